The van der Waals surface area contributed by atoms with Gasteiger partial charge in [0, 0.05) is 35.9 Å². The van der Waals surface area contributed by atoms with Crippen LogP contribution in [0.3, 0.4) is 0 Å². The number of halogens is 2. The van der Waals surface area contributed by atoms with Crippen molar-refractivity contribution in [2.75, 3.05) is 18.5 Å². The summed E-state index contributed by atoms with van der Waals surface area (Å²) >= 11 is 5.73. The van der Waals surface area contributed by atoms with Gasteiger partial charge in [-0.3, -0.25) is 9.79 Å². The van der Waals surface area contributed by atoms with E-state index in [2.05, 4.69) is 20.3 Å². The molecular weight excluding hydrogens is 409 g/mol. The van der Waals surface area contributed by atoms with Crippen molar-refractivity contribution in [3.8, 4) is 11.3 Å². The van der Waals surface area contributed by atoms with Crippen LogP contribution in [0.4, 0.5) is 10.3 Å². The van der Waals surface area contributed by atoms with E-state index in [4.69, 9.17) is 11.6 Å². The van der Waals surface area contributed by atoms with Gasteiger partial charge >= 0.3 is 0 Å². The Morgan fingerprint density at radius 2 is 2.13 bits per heavy atom. The van der Waals surface area contributed by atoms with E-state index in [1.807, 2.05) is 6.08 Å². The minimum atomic E-state index is -0.741. The molecular formula is C21H17ClFN5O2. The lowest BCUT2D eigenvalue weighted by atomic mass is 10.1. The fraction of sp³-hybridized carbons (Fsp3) is 0.143. The molecule has 2 aromatic heterocycles. The molecule has 1 aromatic carbocycles. The number of pyridine rings is 1. The van der Waals surface area contributed by atoms with E-state index in [1.165, 1.54) is 22.8 Å². The smallest absolute Gasteiger partial charge is 0.251 e. The molecule has 0 unspecified atom stereocenters. The molecule has 9 heteroatoms. The number of allylic oxidation sites excluding steroid dienone is 1. The molecule has 3 aromatic rings. The highest BCUT2D eigenvalue weighted by Crippen LogP contribution is 2.23. The summed E-state index contributed by atoms with van der Waals surface area (Å²) in [5.41, 5.74) is 2.12. The summed E-state index contributed by atoms with van der Waals surface area (Å²) in [6.07, 6.45) is 6.69. The van der Waals surface area contributed by atoms with Crippen molar-refractivity contribution in [3.63, 3.8) is 0 Å². The van der Waals surface area contributed by atoms with Crippen LogP contribution in [0.2, 0.25) is 5.02 Å². The molecule has 2 N–H and O–H groups in total. The van der Waals surface area contributed by atoms with Gasteiger partial charge in [0.1, 0.15) is 5.82 Å². The van der Waals surface area contributed by atoms with E-state index in [0.29, 0.717) is 29.3 Å². The summed E-state index contributed by atoms with van der Waals surface area (Å²) < 4.78 is 15.2. The van der Waals surface area contributed by atoms with E-state index < -0.39 is 11.9 Å². The number of anilines is 1. The molecule has 4 rings (SSSR count). The third kappa shape index (κ3) is 4.14. The predicted octanol–water partition coefficient (Wildman–Crippen LogP) is 3.06. The summed E-state index contributed by atoms with van der Waals surface area (Å²) in [6.45, 7) is 0.163. The summed E-state index contributed by atoms with van der Waals surface area (Å²) in [7, 11) is 0. The molecule has 0 spiro atoms. The monoisotopic (exact) mass is 425 g/mol. The van der Waals surface area contributed by atoms with Crippen LogP contribution in [-0.2, 0) is 0 Å². The average molecular weight is 426 g/mol. The molecule has 0 radical (unpaired) electrons. The third-order valence-electron chi connectivity index (χ3n) is 4.65. The van der Waals surface area contributed by atoms with Gasteiger partial charge in [-0.1, -0.05) is 17.7 Å². The lowest BCUT2D eigenvalue weighted by molar-refractivity contribution is 0.247. The van der Waals surface area contributed by atoms with Gasteiger partial charge in [-0.25, -0.2) is 14.4 Å². The zero-order chi connectivity index (χ0) is 21.1. The first-order chi connectivity index (χ1) is 14.5. The number of nitrogens with zero attached hydrogens (tertiary/aromatic N) is 4. The standard InChI is InChI=1S/C21H17ClFN5O2/c22-16-2-1-14(9-17(16)23)19(12-29)28-8-5-13(10-20(28)30)18-4-7-25-21(27-18)26-15-3-6-24-11-15/h1-10,19,29H,11-12H2,(H,25,26,27)/t19-/m1/s1. The molecule has 30 heavy (non-hydrogen) atoms. The maximum atomic E-state index is 13.8. The minimum absolute atomic E-state index is 0.0220. The Hall–Kier alpha value is -3.36. The van der Waals surface area contributed by atoms with Crippen molar-refractivity contribution >= 4 is 23.8 Å². The van der Waals surface area contributed by atoms with Gasteiger partial charge in [-0.2, -0.15) is 0 Å². The zero-order valence-corrected chi connectivity index (χ0v) is 16.4. The SMILES string of the molecule is O=c1cc(-c2ccnc(NC3=CC=NC3)n2)ccn1[C@H](CO)c1ccc(Cl)c(F)c1. The molecule has 7 nitrogen and oxygen atoms in total. The number of aliphatic imine (C=N–C) groups is 1. The van der Waals surface area contributed by atoms with Gasteiger partial charge in [-0.05, 0) is 35.9 Å². The van der Waals surface area contributed by atoms with E-state index in [1.54, 1.807) is 36.8 Å². The zero-order valence-electron chi connectivity index (χ0n) is 15.7. The molecule has 152 valence electrons. The van der Waals surface area contributed by atoms with Crippen LogP contribution in [0.15, 0.2) is 70.4 Å². The maximum absolute atomic E-state index is 13.8. The molecule has 0 saturated heterocycles. The number of aliphatic hydroxyl groups excluding tert-OH is 1. The highest BCUT2D eigenvalue weighted by molar-refractivity contribution is 6.30. The van der Waals surface area contributed by atoms with Crippen molar-refractivity contribution in [2.45, 2.75) is 6.04 Å². The number of aliphatic hydroxyl groups is 1. The molecule has 0 fully saturated rings. The Balaban J connectivity index is 1.63. The first-order valence-electron chi connectivity index (χ1n) is 9.12. The summed E-state index contributed by atoms with van der Waals surface area (Å²) in [5, 5.41) is 12.9. The quantitative estimate of drug-likeness (QED) is 0.633. The minimum Gasteiger partial charge on any atom is -0.394 e. The lowest BCUT2D eigenvalue weighted by Crippen LogP contribution is -2.27. The normalized spacial score (nSPS) is 13.9. The summed E-state index contributed by atoms with van der Waals surface area (Å²) in [4.78, 5) is 25.5. The maximum Gasteiger partial charge on any atom is 0.251 e. The molecule has 0 aliphatic carbocycles. The van der Waals surface area contributed by atoms with Crippen molar-refractivity contribution in [3.05, 3.63) is 87.3 Å². The van der Waals surface area contributed by atoms with Crippen LogP contribution >= 0.6 is 11.6 Å². The van der Waals surface area contributed by atoms with Crippen LogP contribution in [0, 0.1) is 5.82 Å². The molecule has 0 saturated carbocycles. The number of aromatic nitrogens is 3. The highest BCUT2D eigenvalue weighted by atomic mass is 35.5. The second-order valence-electron chi connectivity index (χ2n) is 6.60. The molecule has 1 aliphatic rings. The van der Waals surface area contributed by atoms with Crippen LogP contribution < -0.4 is 10.9 Å². The number of nitrogens with one attached hydrogen (secondary N) is 1. The Morgan fingerprint density at radius 1 is 1.27 bits per heavy atom. The number of rotatable bonds is 6. The predicted molar refractivity (Wildman–Crippen MR) is 113 cm³/mol. The van der Waals surface area contributed by atoms with Gasteiger partial charge in [-0.15, -0.1) is 0 Å². The van der Waals surface area contributed by atoms with Gasteiger partial charge in [0.15, 0.2) is 0 Å². The van der Waals surface area contributed by atoms with Crippen LogP contribution in [0.5, 0.6) is 0 Å². The average Bonchev–Trinajstić information content (AvgIpc) is 3.25. The number of hydrogen-bond acceptors (Lipinski definition) is 6. The first kappa shape index (κ1) is 19.9. The lowest BCUT2D eigenvalue weighted by Gasteiger charge is -2.18. The Morgan fingerprint density at radius 3 is 2.83 bits per heavy atom. The molecule has 0 bridgehead atoms. The number of benzene rings is 1. The van der Waals surface area contributed by atoms with Crippen molar-refractivity contribution in [1.29, 1.82) is 0 Å². The Kier molecular flexibility index (Phi) is 5.69. The summed E-state index contributed by atoms with van der Waals surface area (Å²) in [5.74, 6) is -0.209. The second kappa shape index (κ2) is 8.56. The van der Waals surface area contributed by atoms with Gasteiger partial charge in [0.25, 0.3) is 5.56 Å². The van der Waals surface area contributed by atoms with E-state index in [-0.39, 0.29) is 17.2 Å². The third-order valence-corrected chi connectivity index (χ3v) is 4.96. The second-order valence-corrected chi connectivity index (χ2v) is 7.01. The molecule has 3 heterocycles. The van der Waals surface area contributed by atoms with Crippen LogP contribution in [-0.4, -0.2) is 39.0 Å². The number of hydrogen-bond donors (Lipinski definition) is 2. The van der Waals surface area contributed by atoms with Gasteiger partial charge in [0.05, 0.1) is 29.9 Å². The first-order valence-corrected chi connectivity index (χ1v) is 9.50. The molecule has 1 aliphatic heterocycles. The highest BCUT2D eigenvalue weighted by Gasteiger charge is 2.16. The molecule has 1 atom stereocenters. The van der Waals surface area contributed by atoms with Crippen LogP contribution in [0.25, 0.3) is 11.3 Å². The van der Waals surface area contributed by atoms with Crippen molar-refractivity contribution in [1.82, 2.24) is 14.5 Å². The van der Waals surface area contributed by atoms with Crippen LogP contribution in [0.1, 0.15) is 11.6 Å². The van der Waals surface area contributed by atoms with E-state index >= 15 is 0 Å². The van der Waals surface area contributed by atoms with Crippen molar-refractivity contribution in [2.24, 2.45) is 4.99 Å². The van der Waals surface area contributed by atoms with Gasteiger partial charge in [0.2, 0.25) is 5.95 Å². The topological polar surface area (TPSA) is 92.4 Å². The van der Waals surface area contributed by atoms with Crippen molar-refractivity contribution < 1.29 is 9.50 Å². The fourth-order valence-corrected chi connectivity index (χ4v) is 3.25. The summed E-state index contributed by atoms with van der Waals surface area (Å²) in [6, 6.07) is 8.27. The Labute approximate surface area is 176 Å². The van der Waals surface area contributed by atoms with E-state index in [0.717, 1.165) is 5.70 Å². The van der Waals surface area contributed by atoms with E-state index in [9.17, 15) is 14.3 Å². The largest absolute Gasteiger partial charge is 0.394 e. The Bertz CT molecular complexity index is 1210. The fourth-order valence-electron chi connectivity index (χ4n) is 3.13. The molecule has 0 amide bonds. The van der Waals surface area contributed by atoms with Gasteiger partial charge < -0.3 is 15.0 Å².